The highest BCUT2D eigenvalue weighted by Gasteiger charge is 2.02. The van der Waals surface area contributed by atoms with Crippen LogP contribution >= 0.6 is 0 Å². The van der Waals surface area contributed by atoms with E-state index in [0.29, 0.717) is 0 Å². The van der Waals surface area contributed by atoms with Gasteiger partial charge in [-0.15, -0.1) is 0 Å². The molecular weight excluding hydrogens is 324 g/mol. The first kappa shape index (κ1) is 17.1. The summed E-state index contributed by atoms with van der Waals surface area (Å²) >= 11 is 0. The summed E-state index contributed by atoms with van der Waals surface area (Å²) in [5, 5.41) is 18.6. The van der Waals surface area contributed by atoms with Gasteiger partial charge >= 0.3 is 5.97 Å². The van der Waals surface area contributed by atoms with Gasteiger partial charge in [0.1, 0.15) is 5.75 Å². The lowest BCUT2D eigenvalue weighted by molar-refractivity contribution is 0.0697. The number of aromatic carboxylic acids is 1. The summed E-state index contributed by atoms with van der Waals surface area (Å²) in [5.41, 5.74) is 3.93. The predicted octanol–water partition coefficient (Wildman–Crippen LogP) is 4.82. The van der Waals surface area contributed by atoms with Crippen LogP contribution in [0.25, 0.3) is 17.2 Å². The molecule has 0 unspecified atom stereocenters. The summed E-state index contributed by atoms with van der Waals surface area (Å²) in [6.07, 6.45) is 3.67. The van der Waals surface area contributed by atoms with Crippen molar-refractivity contribution in [1.29, 1.82) is 0 Å². The molecule has 0 radical (unpaired) electrons. The molecular formula is C23H16O3. The van der Waals surface area contributed by atoms with Gasteiger partial charge in [-0.25, -0.2) is 4.79 Å². The van der Waals surface area contributed by atoms with Crippen LogP contribution in [0.15, 0.2) is 78.9 Å². The standard InChI is InChI=1S/C23H16O3/c24-21-10-5-9-20(16-21)22-11-4-3-8-18(22)7-2-1-6-17-12-14-19(15-13-17)23(25)26/h2-5,7-16,24H,(H,25,26). The molecule has 26 heavy (non-hydrogen) atoms. The van der Waals surface area contributed by atoms with Crippen LogP contribution in [-0.2, 0) is 0 Å². The third-order valence-electron chi connectivity index (χ3n) is 3.81. The van der Waals surface area contributed by atoms with E-state index in [4.69, 9.17) is 5.11 Å². The summed E-state index contributed by atoms with van der Waals surface area (Å²) in [7, 11) is 0. The number of aromatic hydroxyl groups is 1. The number of rotatable bonds is 3. The minimum atomic E-state index is -0.951. The van der Waals surface area contributed by atoms with Crippen molar-refractivity contribution in [3.05, 3.63) is 95.6 Å². The number of carboxylic acid groups (broad SMARTS) is 1. The lowest BCUT2D eigenvalue weighted by Gasteiger charge is -2.06. The molecule has 0 atom stereocenters. The minimum absolute atomic E-state index is 0.228. The first-order valence-electron chi connectivity index (χ1n) is 8.03. The van der Waals surface area contributed by atoms with Crippen LogP contribution in [0.2, 0.25) is 0 Å². The number of carbonyl (C=O) groups is 1. The second-order valence-electron chi connectivity index (χ2n) is 5.62. The quantitative estimate of drug-likeness (QED) is 0.672. The maximum Gasteiger partial charge on any atom is 0.335 e. The molecule has 0 saturated carbocycles. The molecule has 0 aliphatic rings. The van der Waals surface area contributed by atoms with Crippen LogP contribution in [0.1, 0.15) is 21.5 Å². The Morgan fingerprint density at radius 1 is 0.923 bits per heavy atom. The molecule has 3 nitrogen and oxygen atoms in total. The maximum atomic E-state index is 10.8. The van der Waals surface area contributed by atoms with Crippen molar-refractivity contribution in [2.45, 2.75) is 0 Å². The highest BCUT2D eigenvalue weighted by Crippen LogP contribution is 2.27. The van der Waals surface area contributed by atoms with Crippen LogP contribution in [0.4, 0.5) is 0 Å². The van der Waals surface area contributed by atoms with Crippen molar-refractivity contribution >= 4 is 12.0 Å². The lowest BCUT2D eigenvalue weighted by Crippen LogP contribution is -1.94. The average Bonchev–Trinajstić information content (AvgIpc) is 2.66. The van der Waals surface area contributed by atoms with E-state index in [1.807, 2.05) is 42.5 Å². The van der Waals surface area contributed by atoms with Crippen LogP contribution < -0.4 is 0 Å². The zero-order valence-corrected chi connectivity index (χ0v) is 13.9. The first-order chi connectivity index (χ1) is 12.6. The van der Waals surface area contributed by atoms with Gasteiger partial charge in [0, 0.05) is 5.56 Å². The van der Waals surface area contributed by atoms with Crippen molar-refractivity contribution in [2.24, 2.45) is 0 Å². The molecule has 0 heterocycles. The van der Waals surface area contributed by atoms with Crippen molar-refractivity contribution in [2.75, 3.05) is 0 Å². The fourth-order valence-corrected chi connectivity index (χ4v) is 2.53. The molecule has 0 aliphatic heterocycles. The summed E-state index contributed by atoms with van der Waals surface area (Å²) in [6, 6.07) is 21.4. The van der Waals surface area contributed by atoms with Gasteiger partial charge in [0.25, 0.3) is 0 Å². The van der Waals surface area contributed by atoms with Gasteiger partial charge in [-0.05, 0) is 65.2 Å². The van der Waals surface area contributed by atoms with Crippen LogP contribution in [0, 0.1) is 11.8 Å². The van der Waals surface area contributed by atoms with E-state index in [-0.39, 0.29) is 11.3 Å². The Morgan fingerprint density at radius 2 is 1.69 bits per heavy atom. The second kappa shape index (κ2) is 7.87. The first-order valence-corrected chi connectivity index (χ1v) is 8.03. The van der Waals surface area contributed by atoms with Gasteiger partial charge < -0.3 is 10.2 Å². The molecule has 0 aromatic heterocycles. The average molecular weight is 340 g/mol. The van der Waals surface area contributed by atoms with E-state index < -0.39 is 5.97 Å². The van der Waals surface area contributed by atoms with Crippen molar-refractivity contribution in [1.82, 2.24) is 0 Å². The normalized spacial score (nSPS) is 10.3. The van der Waals surface area contributed by atoms with E-state index in [1.54, 1.807) is 30.3 Å². The minimum Gasteiger partial charge on any atom is -0.508 e. The zero-order chi connectivity index (χ0) is 18.4. The molecule has 3 aromatic rings. The van der Waals surface area contributed by atoms with E-state index in [0.717, 1.165) is 22.3 Å². The summed E-state index contributed by atoms with van der Waals surface area (Å²) in [4.78, 5) is 10.8. The number of hydrogen-bond donors (Lipinski definition) is 2. The number of phenolic OH excluding ortho intramolecular Hbond substituents is 1. The smallest absolute Gasteiger partial charge is 0.335 e. The number of benzene rings is 3. The largest absolute Gasteiger partial charge is 0.508 e. The van der Waals surface area contributed by atoms with E-state index in [2.05, 4.69) is 11.8 Å². The molecule has 3 aromatic carbocycles. The molecule has 2 N–H and O–H groups in total. The Balaban J connectivity index is 1.81. The molecule has 0 amide bonds. The molecule has 0 fully saturated rings. The van der Waals surface area contributed by atoms with Crippen LogP contribution in [-0.4, -0.2) is 16.2 Å². The Bertz CT molecular complexity index is 1020. The maximum absolute atomic E-state index is 10.8. The number of hydrogen-bond acceptors (Lipinski definition) is 2. The Hall–Kier alpha value is -3.77. The second-order valence-corrected chi connectivity index (χ2v) is 5.62. The Kier molecular flexibility index (Phi) is 5.16. The topological polar surface area (TPSA) is 57.5 Å². The van der Waals surface area contributed by atoms with Crippen molar-refractivity contribution in [3.63, 3.8) is 0 Å². The highest BCUT2D eigenvalue weighted by atomic mass is 16.4. The fourth-order valence-electron chi connectivity index (χ4n) is 2.53. The van der Waals surface area contributed by atoms with E-state index >= 15 is 0 Å². The summed E-state index contributed by atoms with van der Waals surface area (Å²) in [5.74, 6) is 5.22. The molecule has 0 bridgehead atoms. The zero-order valence-electron chi connectivity index (χ0n) is 13.9. The number of allylic oxidation sites excluding steroid dienone is 1. The van der Waals surface area contributed by atoms with Gasteiger partial charge in [0.15, 0.2) is 0 Å². The van der Waals surface area contributed by atoms with Gasteiger partial charge in [0.05, 0.1) is 5.56 Å². The summed E-state index contributed by atoms with van der Waals surface area (Å²) in [6.45, 7) is 0. The third-order valence-corrected chi connectivity index (χ3v) is 3.81. The molecule has 0 saturated heterocycles. The fraction of sp³-hybridized carbons (Fsp3) is 0. The van der Waals surface area contributed by atoms with Gasteiger partial charge in [-0.3, -0.25) is 0 Å². The van der Waals surface area contributed by atoms with E-state index in [9.17, 15) is 9.90 Å². The Morgan fingerprint density at radius 3 is 2.42 bits per heavy atom. The molecule has 3 heteroatoms. The monoisotopic (exact) mass is 340 g/mol. The highest BCUT2D eigenvalue weighted by molar-refractivity contribution is 5.87. The van der Waals surface area contributed by atoms with Crippen molar-refractivity contribution in [3.8, 4) is 28.7 Å². The van der Waals surface area contributed by atoms with Crippen LogP contribution in [0.5, 0.6) is 5.75 Å². The molecule has 0 spiro atoms. The lowest BCUT2D eigenvalue weighted by atomic mass is 9.99. The predicted molar refractivity (Wildman–Crippen MR) is 103 cm³/mol. The molecule has 3 rings (SSSR count). The molecule has 126 valence electrons. The Labute approximate surface area is 151 Å². The van der Waals surface area contributed by atoms with Gasteiger partial charge in [-0.1, -0.05) is 48.2 Å². The third kappa shape index (κ3) is 4.19. The van der Waals surface area contributed by atoms with Gasteiger partial charge in [0.2, 0.25) is 0 Å². The number of phenols is 1. The number of carboxylic acids is 1. The van der Waals surface area contributed by atoms with Crippen molar-refractivity contribution < 1.29 is 15.0 Å². The SMILES string of the molecule is O=C(O)c1ccc(C#CC=Cc2ccccc2-c2cccc(O)c2)cc1. The van der Waals surface area contributed by atoms with Gasteiger partial charge in [-0.2, -0.15) is 0 Å². The summed E-state index contributed by atoms with van der Waals surface area (Å²) < 4.78 is 0. The molecule has 0 aliphatic carbocycles. The van der Waals surface area contributed by atoms with E-state index in [1.165, 1.54) is 12.1 Å². The van der Waals surface area contributed by atoms with Crippen LogP contribution in [0.3, 0.4) is 0 Å².